The number of ether oxygens (including phenoxy) is 3. The summed E-state index contributed by atoms with van der Waals surface area (Å²) in [6, 6.07) is 18.1. The third kappa shape index (κ3) is 4.48. The number of halogens is 1. The number of esters is 3. The van der Waals surface area contributed by atoms with Crippen molar-refractivity contribution in [3.63, 3.8) is 0 Å². The molecular weight excluding hydrogens is 605 g/mol. The molecule has 0 aromatic heterocycles. The molecule has 45 heavy (non-hydrogen) atoms. The Morgan fingerprint density at radius 1 is 0.889 bits per heavy atom. The lowest BCUT2D eigenvalue weighted by molar-refractivity contribution is -0.144. The number of aliphatic imine (C=N–C) groups is 1. The molecule has 0 aliphatic carbocycles. The van der Waals surface area contributed by atoms with Gasteiger partial charge in [-0.3, -0.25) is 0 Å². The molecule has 3 atom stereocenters. The number of benzene rings is 3. The molecule has 13 heteroatoms. The monoisotopic (exact) mass is 633 g/mol. The lowest BCUT2D eigenvalue weighted by Crippen LogP contribution is -2.55. The second-order valence-electron chi connectivity index (χ2n) is 10.7. The molecule has 0 radical (unpaired) electrons. The van der Waals surface area contributed by atoms with Gasteiger partial charge in [-0.2, -0.15) is 0 Å². The minimum absolute atomic E-state index is 0.148. The fourth-order valence-corrected chi connectivity index (χ4v) is 8.27. The van der Waals surface area contributed by atoms with Crippen LogP contribution in [0.25, 0.3) is 0 Å². The van der Waals surface area contributed by atoms with E-state index >= 15 is 0 Å². The number of sulfonamides is 1. The smallest absolute Gasteiger partial charge is 0.357 e. The van der Waals surface area contributed by atoms with E-state index in [0.29, 0.717) is 11.3 Å². The van der Waals surface area contributed by atoms with Crippen LogP contribution in [0.15, 0.2) is 100 Å². The summed E-state index contributed by atoms with van der Waals surface area (Å²) in [5, 5.41) is 0. The Bertz CT molecular complexity index is 1880. The molecule has 0 bridgehead atoms. The predicted molar refractivity (Wildman–Crippen MR) is 159 cm³/mol. The Morgan fingerprint density at radius 3 is 2.18 bits per heavy atom. The normalized spacial score (nSPS) is 21.8. The molecule has 3 heterocycles. The Kier molecular flexibility index (Phi) is 7.43. The van der Waals surface area contributed by atoms with Gasteiger partial charge in [0.05, 0.1) is 43.3 Å². The predicted octanol–water partition coefficient (Wildman–Crippen LogP) is 3.10. The van der Waals surface area contributed by atoms with Crippen molar-refractivity contribution in [1.29, 1.82) is 0 Å². The van der Waals surface area contributed by atoms with Gasteiger partial charge < -0.3 is 19.1 Å². The van der Waals surface area contributed by atoms with E-state index in [2.05, 4.69) is 4.99 Å². The van der Waals surface area contributed by atoms with Crippen LogP contribution in [0.1, 0.15) is 17.5 Å². The van der Waals surface area contributed by atoms with Gasteiger partial charge in [0.2, 0.25) is 0 Å². The highest BCUT2D eigenvalue weighted by Gasteiger charge is 2.68. The maximum Gasteiger partial charge on any atom is 0.357 e. The molecule has 0 saturated carbocycles. The Balaban J connectivity index is 1.70. The molecule has 3 aromatic rings. The van der Waals surface area contributed by atoms with Crippen LogP contribution < -0.4 is 4.90 Å². The molecule has 232 valence electrons. The Morgan fingerprint density at radius 2 is 1.53 bits per heavy atom. The SMILES string of the molecule is COC(=O)C1=C(C(=O)OC)[C@@H]2N(Cc3ccccc3)c3ccccc3[C@@]23C[C@@H](C(=O)OC)N(S(=O)(=O)c2ccc(F)cc2)C3=N1. The van der Waals surface area contributed by atoms with Gasteiger partial charge in [0.15, 0.2) is 5.70 Å². The number of hydrogen-bond donors (Lipinski definition) is 0. The number of amidine groups is 1. The molecule has 0 N–H and O–H groups in total. The largest absolute Gasteiger partial charge is 0.467 e. The molecule has 1 spiro atoms. The van der Waals surface area contributed by atoms with Gasteiger partial charge in [-0.15, -0.1) is 0 Å². The standard InChI is InChI=1S/C32H28FN3O8S/c1-42-28(37)24-17-32-22-11-7-8-12-23(22)35(18-19-9-5-4-6-10-19)27(32)25(29(38)43-2)26(30(39)44-3)34-31(32)36(24)45(40,41)21-15-13-20(33)14-16-21/h4-16,24,27H,17-18H2,1-3H3/t24-,27-,32-/m0/s1. The molecule has 3 aliphatic rings. The number of fused-ring (bicyclic) bond motifs is 1. The van der Waals surface area contributed by atoms with Gasteiger partial charge >= 0.3 is 17.9 Å². The summed E-state index contributed by atoms with van der Waals surface area (Å²) in [6.45, 7) is 0.236. The summed E-state index contributed by atoms with van der Waals surface area (Å²) in [4.78, 5) is 46.6. The van der Waals surface area contributed by atoms with Crippen LogP contribution in [0, 0.1) is 5.82 Å². The highest BCUT2D eigenvalue weighted by Crippen LogP contribution is 2.58. The van der Waals surface area contributed by atoms with E-state index in [-0.39, 0.29) is 29.3 Å². The molecule has 6 rings (SSSR count). The zero-order chi connectivity index (χ0) is 32.1. The first-order valence-corrected chi connectivity index (χ1v) is 15.3. The topological polar surface area (TPSA) is 132 Å². The van der Waals surface area contributed by atoms with Crippen molar-refractivity contribution in [1.82, 2.24) is 4.31 Å². The summed E-state index contributed by atoms with van der Waals surface area (Å²) in [5.74, 6) is -3.60. The summed E-state index contributed by atoms with van der Waals surface area (Å²) >= 11 is 0. The zero-order valence-corrected chi connectivity index (χ0v) is 25.3. The number of methoxy groups -OCH3 is 3. The van der Waals surface area contributed by atoms with Gasteiger partial charge in [0.25, 0.3) is 10.0 Å². The van der Waals surface area contributed by atoms with Gasteiger partial charge in [0, 0.05) is 12.2 Å². The first-order valence-electron chi connectivity index (χ1n) is 13.9. The quantitative estimate of drug-likeness (QED) is 0.285. The van der Waals surface area contributed by atoms with Crippen LogP contribution in [-0.2, 0) is 50.6 Å². The average Bonchev–Trinajstić information content (AvgIpc) is 3.55. The number of nitrogens with zero attached hydrogens (tertiary/aromatic N) is 3. The first kappa shape index (κ1) is 30.0. The minimum Gasteiger partial charge on any atom is -0.467 e. The van der Waals surface area contributed by atoms with E-state index < -0.39 is 56.9 Å². The van der Waals surface area contributed by atoms with Crippen LogP contribution in [-0.4, -0.2) is 69.9 Å². The van der Waals surface area contributed by atoms with E-state index in [1.807, 2.05) is 41.3 Å². The van der Waals surface area contributed by atoms with Crippen molar-refractivity contribution < 1.29 is 41.4 Å². The van der Waals surface area contributed by atoms with E-state index in [1.165, 1.54) is 0 Å². The van der Waals surface area contributed by atoms with Crippen LogP contribution in [0.5, 0.6) is 0 Å². The van der Waals surface area contributed by atoms with Gasteiger partial charge in [-0.05, 0) is 47.9 Å². The highest BCUT2D eigenvalue weighted by molar-refractivity contribution is 7.89. The van der Waals surface area contributed by atoms with Crippen molar-refractivity contribution in [3.8, 4) is 0 Å². The molecule has 1 saturated heterocycles. The van der Waals surface area contributed by atoms with Gasteiger partial charge in [0.1, 0.15) is 17.7 Å². The van der Waals surface area contributed by atoms with Gasteiger partial charge in [-0.25, -0.2) is 36.5 Å². The summed E-state index contributed by atoms with van der Waals surface area (Å²) in [6.07, 6.45) is -0.194. The van der Waals surface area contributed by atoms with Crippen molar-refractivity contribution in [3.05, 3.63) is 107 Å². The van der Waals surface area contributed by atoms with Crippen molar-refractivity contribution in [2.45, 2.75) is 35.4 Å². The lowest BCUT2D eigenvalue weighted by atomic mass is 9.69. The highest BCUT2D eigenvalue weighted by atomic mass is 32.2. The second kappa shape index (κ2) is 11.1. The summed E-state index contributed by atoms with van der Waals surface area (Å²) in [7, 11) is -1.22. The van der Waals surface area contributed by atoms with E-state index in [0.717, 1.165) is 55.5 Å². The number of anilines is 1. The van der Waals surface area contributed by atoms with Gasteiger partial charge in [-0.1, -0.05) is 48.5 Å². The Labute approximate surface area is 258 Å². The zero-order valence-electron chi connectivity index (χ0n) is 24.5. The number of rotatable bonds is 7. The third-order valence-corrected chi connectivity index (χ3v) is 10.3. The van der Waals surface area contributed by atoms with Crippen molar-refractivity contribution >= 4 is 39.5 Å². The van der Waals surface area contributed by atoms with Crippen molar-refractivity contribution in [2.24, 2.45) is 4.99 Å². The number of carbonyl (C=O) groups is 3. The maximum absolute atomic E-state index is 14.4. The molecule has 0 amide bonds. The molecule has 11 nitrogen and oxygen atoms in total. The van der Waals surface area contributed by atoms with Crippen LogP contribution in [0.3, 0.4) is 0 Å². The van der Waals surface area contributed by atoms with E-state index in [9.17, 15) is 27.2 Å². The van der Waals surface area contributed by atoms with Crippen LogP contribution >= 0.6 is 0 Å². The fraction of sp³-hybridized carbons (Fsp3) is 0.250. The lowest BCUT2D eigenvalue weighted by Gasteiger charge is -2.40. The molecule has 1 fully saturated rings. The molecule has 3 aliphatic heterocycles. The molecule has 3 aromatic carbocycles. The minimum atomic E-state index is -4.63. The third-order valence-electron chi connectivity index (χ3n) is 8.45. The number of hydrogen-bond acceptors (Lipinski definition) is 10. The second-order valence-corrected chi connectivity index (χ2v) is 12.5. The van der Waals surface area contributed by atoms with Crippen LogP contribution in [0.2, 0.25) is 0 Å². The number of carbonyl (C=O) groups excluding carboxylic acids is 3. The average molecular weight is 634 g/mol. The van der Waals surface area contributed by atoms with Crippen molar-refractivity contribution in [2.75, 3.05) is 26.2 Å². The van der Waals surface area contributed by atoms with E-state index in [1.54, 1.807) is 18.2 Å². The summed E-state index contributed by atoms with van der Waals surface area (Å²) < 4.78 is 58.8. The van der Waals surface area contributed by atoms with Crippen LogP contribution in [0.4, 0.5) is 10.1 Å². The molecule has 0 unspecified atom stereocenters. The maximum atomic E-state index is 14.4. The fourth-order valence-electron chi connectivity index (χ4n) is 6.63. The Hall–Kier alpha value is -5.04. The molecular formula is C32H28FN3O8S. The first-order chi connectivity index (χ1) is 21.6. The number of para-hydroxylation sites is 1. The summed E-state index contributed by atoms with van der Waals surface area (Å²) in [5.41, 5.74) is 0.00582. The van der Waals surface area contributed by atoms with E-state index in [4.69, 9.17) is 14.2 Å².